The standard InChI is InChI=1S/C23H27F3N2O7S2/c1-22(2,3)35-21(31)17(28(37(32)33)15-7-5-14(6-8-15)23(24,25)26)13-27-20(30)18-11-9-16(36-18)10-12-19(29)34-4/h5-9,11,17H,10,12-13H2,1-4H3,(H,27,30)(H,32,33)/p-1. The molecule has 1 N–H and O–H groups in total. The number of nitrogens with one attached hydrogen (secondary N) is 1. The Bertz CT molecular complexity index is 1130. The minimum atomic E-state index is -4.64. The number of ether oxygens (including phenoxy) is 2. The normalized spacial score (nSPS) is 13.4. The average Bonchev–Trinajstić information content (AvgIpc) is 3.27. The highest BCUT2D eigenvalue weighted by Gasteiger charge is 2.34. The summed E-state index contributed by atoms with van der Waals surface area (Å²) >= 11 is -2.02. The molecule has 1 amide bonds. The van der Waals surface area contributed by atoms with E-state index in [-0.39, 0.29) is 17.0 Å². The highest BCUT2D eigenvalue weighted by atomic mass is 32.2. The Kier molecular flexibility index (Phi) is 10.2. The first-order chi connectivity index (χ1) is 17.1. The summed E-state index contributed by atoms with van der Waals surface area (Å²) in [7, 11) is 1.26. The maximum atomic E-state index is 13.0. The van der Waals surface area contributed by atoms with Crippen molar-refractivity contribution < 1.29 is 45.8 Å². The Morgan fingerprint density at radius 1 is 1.11 bits per heavy atom. The van der Waals surface area contributed by atoms with Crippen LogP contribution in [-0.4, -0.2) is 51.9 Å². The van der Waals surface area contributed by atoms with Crippen molar-refractivity contribution in [2.75, 3.05) is 18.0 Å². The van der Waals surface area contributed by atoms with Crippen LogP contribution in [0.4, 0.5) is 18.9 Å². The van der Waals surface area contributed by atoms with E-state index in [1.165, 1.54) is 13.2 Å². The second-order valence-electron chi connectivity index (χ2n) is 8.69. The molecular weight excluding hydrogens is 537 g/mol. The summed E-state index contributed by atoms with van der Waals surface area (Å²) in [6.07, 6.45) is -4.17. The number of hydrogen-bond acceptors (Lipinski definition) is 8. The Labute approximate surface area is 218 Å². The van der Waals surface area contributed by atoms with E-state index in [1.807, 2.05) is 0 Å². The number of hydrogen-bond donors (Lipinski definition) is 1. The van der Waals surface area contributed by atoms with Crippen molar-refractivity contribution in [3.8, 4) is 0 Å². The van der Waals surface area contributed by atoms with Gasteiger partial charge in [-0.15, -0.1) is 11.3 Å². The summed E-state index contributed by atoms with van der Waals surface area (Å²) in [4.78, 5) is 37.9. The predicted octanol–water partition coefficient (Wildman–Crippen LogP) is 3.61. The molecule has 0 radical (unpaired) electrons. The van der Waals surface area contributed by atoms with Crippen LogP contribution in [0, 0.1) is 0 Å². The quantitative estimate of drug-likeness (QED) is 0.346. The molecule has 37 heavy (non-hydrogen) atoms. The van der Waals surface area contributed by atoms with E-state index in [1.54, 1.807) is 26.8 Å². The molecule has 204 valence electrons. The fourth-order valence-electron chi connectivity index (χ4n) is 3.04. The number of amides is 1. The van der Waals surface area contributed by atoms with Gasteiger partial charge in [0.1, 0.15) is 5.60 Å². The van der Waals surface area contributed by atoms with Crippen LogP contribution < -0.4 is 9.62 Å². The van der Waals surface area contributed by atoms with E-state index in [2.05, 4.69) is 10.1 Å². The molecule has 1 aromatic heterocycles. The molecule has 0 saturated heterocycles. The lowest BCUT2D eigenvalue weighted by atomic mass is 10.1. The molecule has 0 aliphatic heterocycles. The van der Waals surface area contributed by atoms with Crippen LogP contribution in [0.5, 0.6) is 0 Å². The summed E-state index contributed by atoms with van der Waals surface area (Å²) in [5.41, 5.74) is -2.25. The number of rotatable bonds is 10. The molecule has 0 aliphatic rings. The molecule has 0 saturated carbocycles. The molecule has 1 heterocycles. The maximum Gasteiger partial charge on any atom is 0.416 e. The molecule has 9 nitrogen and oxygen atoms in total. The van der Waals surface area contributed by atoms with Crippen molar-refractivity contribution in [1.82, 2.24) is 5.32 Å². The van der Waals surface area contributed by atoms with Crippen molar-refractivity contribution in [2.45, 2.75) is 51.4 Å². The number of alkyl halides is 3. The monoisotopic (exact) mass is 563 g/mol. The molecule has 2 aromatic rings. The number of esters is 2. The second kappa shape index (κ2) is 12.5. The van der Waals surface area contributed by atoms with E-state index in [9.17, 15) is 36.3 Å². The largest absolute Gasteiger partial charge is 0.755 e. The summed E-state index contributed by atoms with van der Waals surface area (Å²) in [5, 5.41) is 2.48. The number of carbonyl (C=O) groups excluding carboxylic acids is 3. The van der Waals surface area contributed by atoms with Gasteiger partial charge in [0.2, 0.25) is 0 Å². The molecule has 2 unspecified atom stereocenters. The van der Waals surface area contributed by atoms with Crippen LogP contribution in [0.2, 0.25) is 0 Å². The molecule has 0 aliphatic carbocycles. The Balaban J connectivity index is 2.27. The van der Waals surface area contributed by atoms with Gasteiger partial charge in [0.25, 0.3) is 5.91 Å². The lowest BCUT2D eigenvalue weighted by Crippen LogP contribution is -2.51. The fraction of sp³-hybridized carbons (Fsp3) is 0.435. The number of methoxy groups -OCH3 is 1. The minimum absolute atomic E-state index is 0.121. The van der Waals surface area contributed by atoms with E-state index in [0.29, 0.717) is 22.9 Å². The van der Waals surface area contributed by atoms with Crippen LogP contribution in [0.25, 0.3) is 0 Å². The van der Waals surface area contributed by atoms with Gasteiger partial charge in [-0.3, -0.25) is 18.1 Å². The van der Waals surface area contributed by atoms with Crippen LogP contribution in [0.1, 0.15) is 47.3 Å². The van der Waals surface area contributed by atoms with Crippen molar-refractivity contribution in [1.29, 1.82) is 0 Å². The molecule has 0 bridgehead atoms. The summed E-state index contributed by atoms with van der Waals surface area (Å²) in [6.45, 7) is 4.13. The van der Waals surface area contributed by atoms with Crippen LogP contribution >= 0.6 is 11.3 Å². The zero-order chi connectivity index (χ0) is 28.0. The van der Waals surface area contributed by atoms with Gasteiger partial charge in [-0.2, -0.15) is 13.2 Å². The third-order valence-corrected chi connectivity index (χ3v) is 6.65. The predicted molar refractivity (Wildman–Crippen MR) is 129 cm³/mol. The van der Waals surface area contributed by atoms with Gasteiger partial charge in [0.05, 0.1) is 30.5 Å². The number of aryl methyl sites for hydroxylation is 1. The van der Waals surface area contributed by atoms with Gasteiger partial charge in [0.15, 0.2) is 6.04 Å². The smallest absolute Gasteiger partial charge is 0.416 e. The number of benzene rings is 1. The lowest BCUT2D eigenvalue weighted by Gasteiger charge is -2.35. The minimum Gasteiger partial charge on any atom is -0.755 e. The van der Waals surface area contributed by atoms with Gasteiger partial charge in [-0.25, -0.2) is 4.79 Å². The molecule has 1 aromatic carbocycles. The first kappa shape index (κ1) is 30.3. The highest BCUT2D eigenvalue weighted by Crippen LogP contribution is 2.31. The number of carbonyl (C=O) groups is 3. The number of thiophene rings is 1. The summed E-state index contributed by atoms with van der Waals surface area (Å²) in [6, 6.07) is 4.72. The van der Waals surface area contributed by atoms with Crippen LogP contribution in [-0.2, 0) is 42.9 Å². The van der Waals surface area contributed by atoms with Crippen molar-refractivity contribution in [3.05, 3.63) is 51.7 Å². The molecule has 2 rings (SSSR count). The van der Waals surface area contributed by atoms with Crippen molar-refractivity contribution in [3.63, 3.8) is 0 Å². The van der Waals surface area contributed by atoms with E-state index >= 15 is 0 Å². The summed E-state index contributed by atoms with van der Waals surface area (Å²) < 4.78 is 73.5. The SMILES string of the molecule is COC(=O)CCc1ccc(C(=O)NCC(C(=O)OC(C)(C)C)N(c2ccc(C(F)(F)F)cc2)S(=O)[O-])s1. The zero-order valence-corrected chi connectivity index (χ0v) is 22.1. The topological polar surface area (TPSA) is 125 Å². The van der Waals surface area contributed by atoms with Crippen molar-refractivity contribution in [2.24, 2.45) is 0 Å². The first-order valence-corrected chi connectivity index (χ1v) is 12.7. The third kappa shape index (κ3) is 9.13. The first-order valence-electron chi connectivity index (χ1n) is 10.8. The fourth-order valence-corrected chi connectivity index (χ4v) is 4.62. The second-order valence-corrected chi connectivity index (χ2v) is 10.7. The number of anilines is 1. The van der Waals surface area contributed by atoms with Gasteiger partial charge in [-0.05, 0) is 63.6 Å². The van der Waals surface area contributed by atoms with Crippen molar-refractivity contribution >= 4 is 46.1 Å². The molecule has 14 heteroatoms. The molecule has 0 spiro atoms. The van der Waals surface area contributed by atoms with E-state index < -0.39 is 59.0 Å². The lowest BCUT2D eigenvalue weighted by molar-refractivity contribution is -0.156. The molecular formula is C23H26F3N2O7S2-. The van der Waals surface area contributed by atoms with E-state index in [0.717, 1.165) is 28.3 Å². The van der Waals surface area contributed by atoms with Crippen LogP contribution in [0.15, 0.2) is 36.4 Å². The van der Waals surface area contributed by atoms with Gasteiger partial charge in [0, 0.05) is 21.8 Å². The summed E-state index contributed by atoms with van der Waals surface area (Å²) in [5.74, 6) is -2.04. The molecule has 0 fully saturated rings. The van der Waals surface area contributed by atoms with Gasteiger partial charge >= 0.3 is 18.1 Å². The van der Waals surface area contributed by atoms with Crippen LogP contribution in [0.3, 0.4) is 0 Å². The Morgan fingerprint density at radius 3 is 2.24 bits per heavy atom. The van der Waals surface area contributed by atoms with Gasteiger partial charge in [-0.1, -0.05) is 0 Å². The van der Waals surface area contributed by atoms with E-state index in [4.69, 9.17) is 4.74 Å². The Hall–Kier alpha value is -2.97. The maximum absolute atomic E-state index is 13.0. The highest BCUT2D eigenvalue weighted by molar-refractivity contribution is 7.80. The third-order valence-electron chi connectivity index (χ3n) is 4.72. The zero-order valence-electron chi connectivity index (χ0n) is 20.4. The van der Waals surface area contributed by atoms with Gasteiger partial charge < -0.3 is 19.3 Å². The Morgan fingerprint density at radius 2 is 1.73 bits per heavy atom. The average molecular weight is 564 g/mol. The number of nitrogens with zero attached hydrogens (tertiary/aromatic N) is 1. The molecule has 2 atom stereocenters. The number of halogens is 3.